The fourth-order valence-corrected chi connectivity index (χ4v) is 2.37. The summed E-state index contributed by atoms with van der Waals surface area (Å²) in [5.74, 6) is 2.76. The van der Waals surface area contributed by atoms with Gasteiger partial charge in [-0.1, -0.05) is 12.1 Å². The van der Waals surface area contributed by atoms with E-state index in [0.717, 1.165) is 18.7 Å². The first-order valence-electron chi connectivity index (χ1n) is 6.12. The molecular weight excluding hydrogens is 230 g/mol. The fourth-order valence-electron chi connectivity index (χ4n) is 1.91. The Morgan fingerprint density at radius 2 is 2.00 bits per heavy atom. The zero-order valence-corrected chi connectivity index (χ0v) is 11.6. The van der Waals surface area contributed by atoms with Gasteiger partial charge in [0.05, 0.1) is 7.11 Å². The second-order valence-electron chi connectivity index (χ2n) is 4.29. The first kappa shape index (κ1) is 14.4. The minimum atomic E-state index is 0.607. The second-order valence-corrected chi connectivity index (χ2v) is 5.27. The molecule has 1 rings (SSSR count). The van der Waals surface area contributed by atoms with E-state index in [-0.39, 0.29) is 0 Å². The standard InChI is InChI=1S/C14H23NOS/c1-16-14-7-5-12(6-8-14)10-13(11-15)4-3-9-17-2/h5-8,13H,3-4,9-11,15H2,1-2H3. The first-order valence-corrected chi connectivity index (χ1v) is 7.51. The van der Waals surface area contributed by atoms with E-state index >= 15 is 0 Å². The third kappa shape index (κ3) is 5.46. The average Bonchev–Trinajstić information content (AvgIpc) is 2.38. The predicted octanol–water partition coefficient (Wildman–Crippen LogP) is 2.96. The van der Waals surface area contributed by atoms with Crippen molar-refractivity contribution in [2.24, 2.45) is 11.7 Å². The van der Waals surface area contributed by atoms with Crippen molar-refractivity contribution in [3.05, 3.63) is 29.8 Å². The molecule has 96 valence electrons. The molecule has 0 amide bonds. The summed E-state index contributed by atoms with van der Waals surface area (Å²) in [7, 11) is 1.69. The molecule has 2 N–H and O–H groups in total. The molecule has 0 bridgehead atoms. The maximum Gasteiger partial charge on any atom is 0.118 e. The molecule has 1 atom stereocenters. The lowest BCUT2D eigenvalue weighted by Gasteiger charge is -2.14. The summed E-state index contributed by atoms with van der Waals surface area (Å²) in [6.07, 6.45) is 5.72. The molecule has 0 heterocycles. The zero-order valence-electron chi connectivity index (χ0n) is 10.8. The number of rotatable bonds is 8. The maximum atomic E-state index is 5.83. The van der Waals surface area contributed by atoms with Gasteiger partial charge in [-0.25, -0.2) is 0 Å². The normalized spacial score (nSPS) is 12.4. The van der Waals surface area contributed by atoms with Crippen LogP contribution in [0.5, 0.6) is 5.75 Å². The van der Waals surface area contributed by atoms with Crippen molar-refractivity contribution in [3.63, 3.8) is 0 Å². The predicted molar refractivity (Wildman–Crippen MR) is 76.9 cm³/mol. The molecule has 0 aromatic heterocycles. The van der Waals surface area contributed by atoms with Gasteiger partial charge in [-0.3, -0.25) is 0 Å². The summed E-state index contributed by atoms with van der Waals surface area (Å²) < 4.78 is 5.15. The molecule has 1 aromatic rings. The summed E-state index contributed by atoms with van der Waals surface area (Å²) in [4.78, 5) is 0. The number of methoxy groups -OCH3 is 1. The van der Waals surface area contributed by atoms with Gasteiger partial charge in [0.25, 0.3) is 0 Å². The Bertz CT molecular complexity index is 300. The molecule has 0 saturated heterocycles. The monoisotopic (exact) mass is 253 g/mol. The van der Waals surface area contributed by atoms with Crippen LogP contribution < -0.4 is 10.5 Å². The van der Waals surface area contributed by atoms with E-state index in [1.807, 2.05) is 23.9 Å². The molecule has 0 aliphatic heterocycles. The van der Waals surface area contributed by atoms with Gasteiger partial charge in [-0.05, 0) is 61.4 Å². The van der Waals surface area contributed by atoms with Crippen molar-refractivity contribution < 1.29 is 4.74 Å². The van der Waals surface area contributed by atoms with Crippen LogP contribution in [-0.4, -0.2) is 25.7 Å². The highest BCUT2D eigenvalue weighted by Crippen LogP contribution is 2.17. The van der Waals surface area contributed by atoms with Crippen LogP contribution in [0.1, 0.15) is 18.4 Å². The lowest BCUT2D eigenvalue weighted by Crippen LogP contribution is -2.17. The number of hydrogen-bond acceptors (Lipinski definition) is 3. The van der Waals surface area contributed by atoms with Crippen LogP contribution in [0.3, 0.4) is 0 Å². The second kappa shape index (κ2) is 8.43. The molecule has 0 saturated carbocycles. The lowest BCUT2D eigenvalue weighted by molar-refractivity contribution is 0.414. The summed E-state index contributed by atoms with van der Waals surface area (Å²) >= 11 is 1.91. The van der Waals surface area contributed by atoms with Gasteiger partial charge in [0.15, 0.2) is 0 Å². The number of hydrogen-bond donors (Lipinski definition) is 1. The Morgan fingerprint density at radius 1 is 1.29 bits per heavy atom. The van der Waals surface area contributed by atoms with Crippen molar-refractivity contribution in [2.75, 3.05) is 25.7 Å². The van der Waals surface area contributed by atoms with Crippen molar-refractivity contribution in [1.82, 2.24) is 0 Å². The molecular formula is C14H23NOS. The van der Waals surface area contributed by atoms with Crippen LogP contribution in [0.25, 0.3) is 0 Å². The molecule has 0 aliphatic rings. The van der Waals surface area contributed by atoms with Crippen molar-refractivity contribution in [3.8, 4) is 5.75 Å². The number of ether oxygens (including phenoxy) is 1. The number of nitrogens with two attached hydrogens (primary N) is 1. The fraction of sp³-hybridized carbons (Fsp3) is 0.571. The lowest BCUT2D eigenvalue weighted by atomic mass is 9.95. The molecule has 0 fully saturated rings. The summed E-state index contributed by atoms with van der Waals surface area (Å²) in [6, 6.07) is 8.31. The van der Waals surface area contributed by atoms with Crippen LogP contribution in [0.4, 0.5) is 0 Å². The van der Waals surface area contributed by atoms with E-state index in [9.17, 15) is 0 Å². The van der Waals surface area contributed by atoms with E-state index in [2.05, 4.69) is 18.4 Å². The summed E-state index contributed by atoms with van der Waals surface area (Å²) in [5, 5.41) is 0. The molecule has 1 aromatic carbocycles. The Balaban J connectivity index is 2.43. The number of benzene rings is 1. The Morgan fingerprint density at radius 3 is 2.53 bits per heavy atom. The molecule has 2 nitrogen and oxygen atoms in total. The van der Waals surface area contributed by atoms with Crippen molar-refractivity contribution >= 4 is 11.8 Å². The zero-order chi connectivity index (χ0) is 12.5. The van der Waals surface area contributed by atoms with Crippen LogP contribution >= 0.6 is 11.8 Å². The van der Waals surface area contributed by atoms with Gasteiger partial charge in [0.1, 0.15) is 5.75 Å². The molecule has 17 heavy (non-hydrogen) atoms. The van der Waals surface area contributed by atoms with Crippen molar-refractivity contribution in [1.29, 1.82) is 0 Å². The van der Waals surface area contributed by atoms with E-state index in [1.165, 1.54) is 24.2 Å². The maximum absolute atomic E-state index is 5.83. The third-order valence-corrected chi connectivity index (χ3v) is 3.67. The minimum Gasteiger partial charge on any atom is -0.497 e. The largest absolute Gasteiger partial charge is 0.497 e. The highest BCUT2D eigenvalue weighted by Gasteiger charge is 2.07. The first-order chi connectivity index (χ1) is 8.30. The van der Waals surface area contributed by atoms with E-state index in [0.29, 0.717) is 5.92 Å². The van der Waals surface area contributed by atoms with Gasteiger partial charge in [0.2, 0.25) is 0 Å². The van der Waals surface area contributed by atoms with E-state index in [1.54, 1.807) is 7.11 Å². The number of thioether (sulfide) groups is 1. The molecule has 0 aliphatic carbocycles. The van der Waals surface area contributed by atoms with Gasteiger partial charge in [-0.2, -0.15) is 11.8 Å². The van der Waals surface area contributed by atoms with Crippen LogP contribution in [-0.2, 0) is 6.42 Å². The smallest absolute Gasteiger partial charge is 0.118 e. The SMILES string of the molecule is COc1ccc(CC(CN)CCCSC)cc1. The molecule has 1 unspecified atom stereocenters. The molecule has 3 heteroatoms. The van der Waals surface area contributed by atoms with E-state index < -0.39 is 0 Å². The van der Waals surface area contributed by atoms with Crippen LogP contribution in [0, 0.1) is 5.92 Å². The van der Waals surface area contributed by atoms with Crippen LogP contribution in [0.15, 0.2) is 24.3 Å². The Labute approximate surface area is 109 Å². The van der Waals surface area contributed by atoms with Gasteiger partial charge < -0.3 is 10.5 Å². The highest BCUT2D eigenvalue weighted by molar-refractivity contribution is 7.98. The van der Waals surface area contributed by atoms with Crippen molar-refractivity contribution in [2.45, 2.75) is 19.3 Å². The minimum absolute atomic E-state index is 0.607. The quantitative estimate of drug-likeness (QED) is 0.723. The van der Waals surface area contributed by atoms with Gasteiger partial charge in [-0.15, -0.1) is 0 Å². The van der Waals surface area contributed by atoms with Gasteiger partial charge in [0, 0.05) is 0 Å². The van der Waals surface area contributed by atoms with E-state index in [4.69, 9.17) is 10.5 Å². The summed E-state index contributed by atoms with van der Waals surface area (Å²) in [6.45, 7) is 0.778. The third-order valence-electron chi connectivity index (χ3n) is 2.98. The van der Waals surface area contributed by atoms with Gasteiger partial charge >= 0.3 is 0 Å². The topological polar surface area (TPSA) is 35.2 Å². The Kier molecular flexibility index (Phi) is 7.13. The Hall–Kier alpha value is -0.670. The molecule has 0 spiro atoms. The van der Waals surface area contributed by atoms with Crippen LogP contribution in [0.2, 0.25) is 0 Å². The average molecular weight is 253 g/mol. The molecule has 0 radical (unpaired) electrons. The highest BCUT2D eigenvalue weighted by atomic mass is 32.2. The summed E-state index contributed by atoms with van der Waals surface area (Å²) in [5.41, 5.74) is 7.18.